The van der Waals surface area contributed by atoms with Crippen LogP contribution in [0.4, 0.5) is 0 Å². The van der Waals surface area contributed by atoms with Gasteiger partial charge in [0.15, 0.2) is 0 Å². The molecule has 1 aromatic rings. The summed E-state index contributed by atoms with van der Waals surface area (Å²) >= 11 is 0. The van der Waals surface area contributed by atoms with Gasteiger partial charge in [0.2, 0.25) is 0 Å². The van der Waals surface area contributed by atoms with Crippen molar-refractivity contribution in [3.05, 3.63) is 12.7 Å². The van der Waals surface area contributed by atoms with Crippen LogP contribution in [0.1, 0.15) is 26.7 Å². The van der Waals surface area contributed by atoms with Gasteiger partial charge in [-0.15, -0.1) is 0 Å². The minimum Gasteiger partial charge on any atom is -0.253 e. The van der Waals surface area contributed by atoms with Gasteiger partial charge in [-0.3, -0.25) is 4.68 Å². The summed E-state index contributed by atoms with van der Waals surface area (Å²) in [5.41, 5.74) is -0.222. The Labute approximate surface area is 78.2 Å². The number of nitrogens with zero attached hydrogens (tertiary/aromatic N) is 4. The lowest BCUT2D eigenvalue weighted by Crippen LogP contribution is -2.09. The highest BCUT2D eigenvalue weighted by Gasteiger charge is 2.15. The highest BCUT2D eigenvalue weighted by atomic mass is 15.3. The molecule has 0 aliphatic carbocycles. The monoisotopic (exact) mass is 178 g/mol. The molecule has 0 N–H and O–H groups in total. The van der Waals surface area contributed by atoms with Crippen molar-refractivity contribution in [3.63, 3.8) is 0 Å². The van der Waals surface area contributed by atoms with Crippen LogP contribution in [0.5, 0.6) is 0 Å². The van der Waals surface area contributed by atoms with Crippen LogP contribution in [-0.4, -0.2) is 14.8 Å². The predicted molar refractivity (Wildman–Crippen MR) is 48.7 cm³/mol. The maximum Gasteiger partial charge on any atom is 0.137 e. The lowest BCUT2D eigenvalue weighted by Gasteiger charge is -2.13. The van der Waals surface area contributed by atoms with Crippen molar-refractivity contribution in [1.29, 1.82) is 5.26 Å². The molecule has 1 rings (SSSR count). The highest BCUT2D eigenvalue weighted by molar-refractivity contribution is 4.91. The average molecular weight is 178 g/mol. The molecule has 0 aliphatic rings. The van der Waals surface area contributed by atoms with Crippen LogP contribution in [0.15, 0.2) is 12.7 Å². The molecule has 0 unspecified atom stereocenters. The first-order valence-electron chi connectivity index (χ1n) is 4.38. The Kier molecular flexibility index (Phi) is 3.02. The maximum absolute atomic E-state index is 8.77. The van der Waals surface area contributed by atoms with Gasteiger partial charge in [-0.25, -0.2) is 4.98 Å². The normalized spacial score (nSPS) is 11.2. The van der Waals surface area contributed by atoms with Crippen molar-refractivity contribution in [2.75, 3.05) is 0 Å². The number of hydrogen-bond donors (Lipinski definition) is 0. The van der Waals surface area contributed by atoms with Crippen molar-refractivity contribution in [1.82, 2.24) is 14.8 Å². The Morgan fingerprint density at radius 2 is 2.31 bits per heavy atom. The molecule has 0 atom stereocenters. The Balaban J connectivity index is 2.26. The first-order valence-corrected chi connectivity index (χ1v) is 4.38. The van der Waals surface area contributed by atoms with E-state index in [1.165, 1.54) is 6.33 Å². The van der Waals surface area contributed by atoms with Crippen molar-refractivity contribution >= 4 is 0 Å². The Bertz CT molecular complexity index is 281. The molecular weight excluding hydrogens is 164 g/mol. The third-order valence-corrected chi connectivity index (χ3v) is 1.96. The number of aryl methyl sites for hydroxylation is 1. The molecule has 4 nitrogen and oxygen atoms in total. The fourth-order valence-corrected chi connectivity index (χ4v) is 1.09. The molecule has 0 aromatic carbocycles. The van der Waals surface area contributed by atoms with Crippen molar-refractivity contribution in [2.24, 2.45) is 5.41 Å². The molecule has 0 radical (unpaired) electrons. The third-order valence-electron chi connectivity index (χ3n) is 1.96. The first-order chi connectivity index (χ1) is 6.14. The molecule has 0 saturated carbocycles. The maximum atomic E-state index is 8.77. The summed E-state index contributed by atoms with van der Waals surface area (Å²) < 4.78 is 1.79. The topological polar surface area (TPSA) is 54.5 Å². The van der Waals surface area contributed by atoms with Gasteiger partial charge < -0.3 is 0 Å². The van der Waals surface area contributed by atoms with E-state index >= 15 is 0 Å². The molecule has 13 heavy (non-hydrogen) atoms. The SMILES string of the molecule is CC(C)(C#N)CCCn1cncn1. The molecule has 1 aromatic heterocycles. The van der Waals surface area contributed by atoms with Crippen LogP contribution >= 0.6 is 0 Å². The fraction of sp³-hybridized carbons (Fsp3) is 0.667. The smallest absolute Gasteiger partial charge is 0.137 e. The quantitative estimate of drug-likeness (QED) is 0.703. The Morgan fingerprint density at radius 1 is 1.54 bits per heavy atom. The van der Waals surface area contributed by atoms with E-state index in [1.54, 1.807) is 11.0 Å². The van der Waals surface area contributed by atoms with Crippen LogP contribution < -0.4 is 0 Å². The van der Waals surface area contributed by atoms with Crippen LogP contribution in [0.25, 0.3) is 0 Å². The number of hydrogen-bond acceptors (Lipinski definition) is 3. The fourth-order valence-electron chi connectivity index (χ4n) is 1.09. The molecule has 1 heterocycles. The van der Waals surface area contributed by atoms with Crippen molar-refractivity contribution < 1.29 is 0 Å². The standard InChI is InChI=1S/C9H14N4/c1-9(2,6-10)4-3-5-13-8-11-7-12-13/h7-8H,3-5H2,1-2H3. The molecule has 70 valence electrons. The zero-order valence-electron chi connectivity index (χ0n) is 8.06. The number of nitriles is 1. The van der Waals surface area contributed by atoms with Gasteiger partial charge in [0.25, 0.3) is 0 Å². The second-order valence-electron chi connectivity index (χ2n) is 3.76. The molecule has 0 saturated heterocycles. The summed E-state index contributed by atoms with van der Waals surface area (Å²) in [4.78, 5) is 3.84. The summed E-state index contributed by atoms with van der Waals surface area (Å²) in [6.45, 7) is 4.74. The van der Waals surface area contributed by atoms with Crippen molar-refractivity contribution in [3.8, 4) is 6.07 Å². The van der Waals surface area contributed by atoms with E-state index in [0.29, 0.717) is 0 Å². The van der Waals surface area contributed by atoms with Crippen LogP contribution in [0, 0.1) is 16.7 Å². The van der Waals surface area contributed by atoms with Gasteiger partial charge in [0, 0.05) is 6.54 Å². The van der Waals surface area contributed by atoms with Gasteiger partial charge in [0.05, 0.1) is 11.5 Å². The van der Waals surface area contributed by atoms with Gasteiger partial charge in [-0.2, -0.15) is 10.4 Å². The van der Waals surface area contributed by atoms with Gasteiger partial charge in [-0.05, 0) is 26.7 Å². The van der Waals surface area contributed by atoms with E-state index in [9.17, 15) is 0 Å². The number of aromatic nitrogens is 3. The van der Waals surface area contributed by atoms with Gasteiger partial charge in [-0.1, -0.05) is 0 Å². The third kappa shape index (κ3) is 3.24. The average Bonchev–Trinajstić information content (AvgIpc) is 2.57. The summed E-state index contributed by atoms with van der Waals surface area (Å²) in [5, 5.41) is 12.8. The van der Waals surface area contributed by atoms with E-state index in [1.807, 2.05) is 13.8 Å². The molecule has 0 fully saturated rings. The Hall–Kier alpha value is -1.37. The molecular formula is C9H14N4. The highest BCUT2D eigenvalue weighted by Crippen LogP contribution is 2.20. The number of rotatable bonds is 4. The first kappa shape index (κ1) is 9.72. The van der Waals surface area contributed by atoms with E-state index in [-0.39, 0.29) is 5.41 Å². The summed E-state index contributed by atoms with van der Waals surface area (Å²) in [5.74, 6) is 0. The van der Waals surface area contributed by atoms with E-state index in [0.717, 1.165) is 19.4 Å². The summed E-state index contributed by atoms with van der Waals surface area (Å²) in [7, 11) is 0. The molecule has 4 heteroatoms. The van der Waals surface area contributed by atoms with Gasteiger partial charge in [0.1, 0.15) is 12.7 Å². The van der Waals surface area contributed by atoms with Crippen LogP contribution in [0.2, 0.25) is 0 Å². The largest absolute Gasteiger partial charge is 0.253 e. The lowest BCUT2D eigenvalue weighted by atomic mass is 9.90. The van der Waals surface area contributed by atoms with Crippen LogP contribution in [0.3, 0.4) is 0 Å². The minimum absolute atomic E-state index is 0.222. The van der Waals surface area contributed by atoms with E-state index < -0.39 is 0 Å². The minimum atomic E-state index is -0.222. The Morgan fingerprint density at radius 3 is 2.85 bits per heavy atom. The zero-order valence-corrected chi connectivity index (χ0v) is 8.06. The van der Waals surface area contributed by atoms with Crippen molar-refractivity contribution in [2.45, 2.75) is 33.2 Å². The summed E-state index contributed by atoms with van der Waals surface area (Å²) in [6, 6.07) is 2.28. The molecule has 0 amide bonds. The second kappa shape index (κ2) is 4.04. The van der Waals surface area contributed by atoms with Gasteiger partial charge >= 0.3 is 0 Å². The summed E-state index contributed by atoms with van der Waals surface area (Å²) in [6.07, 6.45) is 5.07. The van der Waals surface area contributed by atoms with E-state index in [2.05, 4.69) is 16.2 Å². The molecule has 0 bridgehead atoms. The van der Waals surface area contributed by atoms with Crippen LogP contribution in [-0.2, 0) is 6.54 Å². The second-order valence-corrected chi connectivity index (χ2v) is 3.76. The zero-order chi connectivity index (χ0) is 9.73. The lowest BCUT2D eigenvalue weighted by molar-refractivity contribution is 0.407. The van der Waals surface area contributed by atoms with E-state index in [4.69, 9.17) is 5.26 Å². The molecule has 0 aliphatic heterocycles. The molecule has 0 spiro atoms. The predicted octanol–water partition coefficient (Wildman–Crippen LogP) is 1.61.